The molecule has 82 valence electrons. The largest absolute Gasteiger partial charge is 0.330 e. The lowest BCUT2D eigenvalue weighted by Gasteiger charge is -2.09. The van der Waals surface area contributed by atoms with Gasteiger partial charge in [-0.2, -0.15) is 0 Å². The molecule has 0 bridgehead atoms. The Morgan fingerprint density at radius 3 is 3.07 bits per heavy atom. The van der Waals surface area contributed by atoms with Crippen LogP contribution in [0.5, 0.6) is 0 Å². The maximum absolute atomic E-state index is 11.5. The molecule has 1 amide bonds. The van der Waals surface area contributed by atoms with E-state index in [0.29, 0.717) is 23.8 Å². The first kappa shape index (κ1) is 11.9. The molecule has 0 aliphatic heterocycles. The molecule has 1 aromatic heterocycles. The summed E-state index contributed by atoms with van der Waals surface area (Å²) in [5, 5.41) is 3.07. The predicted octanol–water partition coefficient (Wildman–Crippen LogP) is 1.66. The highest BCUT2D eigenvalue weighted by Gasteiger charge is 2.09. The quantitative estimate of drug-likeness (QED) is 0.822. The number of aromatic nitrogens is 1. The molecule has 4 nitrogen and oxygen atoms in total. The summed E-state index contributed by atoms with van der Waals surface area (Å²) in [5.41, 5.74) is 5.42. The van der Waals surface area contributed by atoms with E-state index < -0.39 is 0 Å². The molecule has 1 unspecified atom stereocenters. The SMILES string of the molecule is CC(CN)CC(=O)Nc1ncccc1Cl. The van der Waals surface area contributed by atoms with Gasteiger partial charge in [0.25, 0.3) is 0 Å². The number of nitrogens with two attached hydrogens (primary N) is 1. The minimum absolute atomic E-state index is 0.117. The first-order chi connectivity index (χ1) is 7.13. The van der Waals surface area contributed by atoms with Crippen LogP contribution in [0, 0.1) is 5.92 Å². The average molecular weight is 228 g/mol. The molecule has 0 saturated heterocycles. The van der Waals surface area contributed by atoms with E-state index in [-0.39, 0.29) is 11.8 Å². The van der Waals surface area contributed by atoms with Crippen molar-refractivity contribution < 1.29 is 4.79 Å². The van der Waals surface area contributed by atoms with E-state index in [0.717, 1.165) is 0 Å². The fraction of sp³-hybridized carbons (Fsp3) is 0.400. The number of nitrogens with one attached hydrogen (secondary N) is 1. The van der Waals surface area contributed by atoms with Crippen LogP contribution in [-0.4, -0.2) is 17.4 Å². The highest BCUT2D eigenvalue weighted by atomic mass is 35.5. The van der Waals surface area contributed by atoms with Crippen LogP contribution in [0.2, 0.25) is 5.02 Å². The van der Waals surface area contributed by atoms with Crippen molar-refractivity contribution in [3.05, 3.63) is 23.4 Å². The van der Waals surface area contributed by atoms with Gasteiger partial charge in [0.1, 0.15) is 0 Å². The zero-order chi connectivity index (χ0) is 11.3. The van der Waals surface area contributed by atoms with Crippen molar-refractivity contribution >= 4 is 23.3 Å². The van der Waals surface area contributed by atoms with Gasteiger partial charge in [-0.3, -0.25) is 4.79 Å². The second kappa shape index (κ2) is 5.68. The fourth-order valence-electron chi connectivity index (χ4n) is 1.06. The maximum Gasteiger partial charge on any atom is 0.225 e. The van der Waals surface area contributed by atoms with Crippen molar-refractivity contribution in [1.29, 1.82) is 0 Å². The molecule has 0 aromatic carbocycles. The number of rotatable bonds is 4. The summed E-state index contributed by atoms with van der Waals surface area (Å²) in [7, 11) is 0. The van der Waals surface area contributed by atoms with Gasteiger partial charge in [0.15, 0.2) is 5.82 Å². The normalized spacial score (nSPS) is 12.2. The molecule has 1 heterocycles. The van der Waals surface area contributed by atoms with E-state index in [9.17, 15) is 4.79 Å². The second-order valence-electron chi connectivity index (χ2n) is 3.43. The van der Waals surface area contributed by atoms with E-state index in [2.05, 4.69) is 10.3 Å². The average Bonchev–Trinajstić information content (AvgIpc) is 2.21. The number of hydrogen-bond donors (Lipinski definition) is 2. The number of hydrogen-bond acceptors (Lipinski definition) is 3. The molecule has 0 aliphatic carbocycles. The standard InChI is InChI=1S/C10H14ClN3O/c1-7(6-12)5-9(15)14-10-8(11)3-2-4-13-10/h2-4,7H,5-6,12H2,1H3,(H,13,14,15). The molecular weight excluding hydrogens is 214 g/mol. The smallest absolute Gasteiger partial charge is 0.225 e. The lowest BCUT2D eigenvalue weighted by atomic mass is 10.1. The first-order valence-electron chi connectivity index (χ1n) is 4.74. The third-order valence-electron chi connectivity index (χ3n) is 1.95. The van der Waals surface area contributed by atoms with E-state index in [1.54, 1.807) is 18.3 Å². The number of carbonyl (C=O) groups excluding carboxylic acids is 1. The van der Waals surface area contributed by atoms with Gasteiger partial charge in [0, 0.05) is 12.6 Å². The Morgan fingerprint density at radius 2 is 2.47 bits per heavy atom. The topological polar surface area (TPSA) is 68.0 Å². The summed E-state index contributed by atoms with van der Waals surface area (Å²) in [4.78, 5) is 15.4. The molecule has 0 aliphatic rings. The lowest BCUT2D eigenvalue weighted by molar-refractivity contribution is -0.116. The molecule has 0 saturated carbocycles. The molecule has 1 aromatic rings. The molecule has 0 fully saturated rings. The number of halogens is 1. The molecule has 1 atom stereocenters. The van der Waals surface area contributed by atoms with E-state index in [1.807, 2.05) is 6.92 Å². The Bertz CT molecular complexity index is 343. The van der Waals surface area contributed by atoms with Crippen LogP contribution in [0.25, 0.3) is 0 Å². The minimum Gasteiger partial charge on any atom is -0.330 e. The highest BCUT2D eigenvalue weighted by molar-refractivity contribution is 6.33. The number of nitrogens with zero attached hydrogens (tertiary/aromatic N) is 1. The third kappa shape index (κ3) is 3.85. The Labute approximate surface area is 93.8 Å². The van der Waals surface area contributed by atoms with Crippen molar-refractivity contribution in [2.45, 2.75) is 13.3 Å². The summed E-state index contributed by atoms with van der Waals surface area (Å²) in [6.07, 6.45) is 1.96. The van der Waals surface area contributed by atoms with Gasteiger partial charge < -0.3 is 11.1 Å². The van der Waals surface area contributed by atoms with Gasteiger partial charge in [0.05, 0.1) is 5.02 Å². The zero-order valence-corrected chi connectivity index (χ0v) is 9.29. The van der Waals surface area contributed by atoms with Gasteiger partial charge >= 0.3 is 0 Å². The predicted molar refractivity (Wildman–Crippen MR) is 60.7 cm³/mol. The van der Waals surface area contributed by atoms with Gasteiger partial charge in [-0.05, 0) is 24.6 Å². The number of anilines is 1. The number of carbonyl (C=O) groups is 1. The van der Waals surface area contributed by atoms with Crippen molar-refractivity contribution in [2.75, 3.05) is 11.9 Å². The third-order valence-corrected chi connectivity index (χ3v) is 2.26. The maximum atomic E-state index is 11.5. The van der Waals surface area contributed by atoms with Gasteiger partial charge in [0.2, 0.25) is 5.91 Å². The van der Waals surface area contributed by atoms with Crippen molar-refractivity contribution in [3.8, 4) is 0 Å². The Hall–Kier alpha value is -1.13. The van der Waals surface area contributed by atoms with Gasteiger partial charge in [-0.1, -0.05) is 18.5 Å². The van der Waals surface area contributed by atoms with Crippen LogP contribution in [0.3, 0.4) is 0 Å². The number of pyridine rings is 1. The first-order valence-corrected chi connectivity index (χ1v) is 5.11. The molecule has 3 N–H and O–H groups in total. The van der Waals surface area contributed by atoms with E-state index >= 15 is 0 Å². The van der Waals surface area contributed by atoms with Crippen LogP contribution < -0.4 is 11.1 Å². The van der Waals surface area contributed by atoms with Crippen LogP contribution >= 0.6 is 11.6 Å². The van der Waals surface area contributed by atoms with Gasteiger partial charge in [-0.15, -0.1) is 0 Å². The monoisotopic (exact) mass is 227 g/mol. The van der Waals surface area contributed by atoms with Crippen molar-refractivity contribution in [3.63, 3.8) is 0 Å². The van der Waals surface area contributed by atoms with Crippen molar-refractivity contribution in [1.82, 2.24) is 4.98 Å². The summed E-state index contributed by atoms with van der Waals surface area (Å²) >= 11 is 5.84. The molecule has 15 heavy (non-hydrogen) atoms. The second-order valence-corrected chi connectivity index (χ2v) is 3.83. The minimum atomic E-state index is -0.117. The zero-order valence-electron chi connectivity index (χ0n) is 8.53. The summed E-state index contributed by atoms with van der Waals surface area (Å²) in [6, 6.07) is 3.39. The van der Waals surface area contributed by atoms with Crippen molar-refractivity contribution in [2.24, 2.45) is 11.7 Å². The molecule has 5 heteroatoms. The summed E-state index contributed by atoms with van der Waals surface area (Å²) < 4.78 is 0. The molecule has 1 rings (SSSR count). The van der Waals surface area contributed by atoms with Crippen LogP contribution in [-0.2, 0) is 4.79 Å². The van der Waals surface area contributed by atoms with Crippen LogP contribution in [0.4, 0.5) is 5.82 Å². The lowest BCUT2D eigenvalue weighted by Crippen LogP contribution is -2.20. The fourth-order valence-corrected chi connectivity index (χ4v) is 1.23. The van der Waals surface area contributed by atoms with Crippen LogP contribution in [0.15, 0.2) is 18.3 Å². The molecule has 0 radical (unpaired) electrons. The number of amides is 1. The molecule has 0 spiro atoms. The Balaban J connectivity index is 2.55. The van der Waals surface area contributed by atoms with E-state index in [4.69, 9.17) is 17.3 Å². The summed E-state index contributed by atoms with van der Waals surface area (Å²) in [6.45, 7) is 2.41. The molecular formula is C10H14ClN3O. The van der Waals surface area contributed by atoms with Gasteiger partial charge in [-0.25, -0.2) is 4.98 Å². The summed E-state index contributed by atoms with van der Waals surface area (Å²) in [5.74, 6) is 0.439. The Kier molecular flexibility index (Phi) is 4.52. The Morgan fingerprint density at radius 1 is 1.73 bits per heavy atom. The highest BCUT2D eigenvalue weighted by Crippen LogP contribution is 2.17. The van der Waals surface area contributed by atoms with E-state index in [1.165, 1.54) is 0 Å². The van der Waals surface area contributed by atoms with Crippen LogP contribution in [0.1, 0.15) is 13.3 Å².